The molecule has 1 fully saturated rings. The molecule has 0 amide bonds. The van der Waals surface area contributed by atoms with Crippen molar-refractivity contribution in [1.82, 2.24) is 9.97 Å². The number of rotatable bonds is 6. The molecule has 1 aliphatic rings. The van der Waals surface area contributed by atoms with E-state index in [2.05, 4.69) is 20.6 Å². The van der Waals surface area contributed by atoms with Crippen LogP contribution in [0.5, 0.6) is 0 Å². The molecule has 118 valence electrons. The zero-order valence-electron chi connectivity index (χ0n) is 11.3. The van der Waals surface area contributed by atoms with E-state index in [1.807, 2.05) is 0 Å². The molecule has 3 N–H and O–H groups in total. The molecule has 1 aliphatic heterocycles. The number of alkyl halides is 3. The van der Waals surface area contributed by atoms with Gasteiger partial charge < -0.3 is 20.5 Å². The van der Waals surface area contributed by atoms with E-state index >= 15 is 0 Å². The lowest BCUT2D eigenvalue weighted by atomic mass is 10.0. The Morgan fingerprint density at radius 3 is 2.76 bits per heavy atom. The van der Waals surface area contributed by atoms with Gasteiger partial charge in [-0.2, -0.15) is 18.2 Å². The van der Waals surface area contributed by atoms with Crippen LogP contribution < -0.4 is 10.6 Å². The van der Waals surface area contributed by atoms with Gasteiger partial charge in [0.2, 0.25) is 5.95 Å². The molecule has 0 saturated carbocycles. The number of aliphatic hydroxyl groups excluding tert-OH is 1. The number of aliphatic hydroxyl groups is 1. The van der Waals surface area contributed by atoms with Crippen molar-refractivity contribution in [2.45, 2.75) is 18.5 Å². The zero-order chi connectivity index (χ0) is 15.3. The third-order valence-electron chi connectivity index (χ3n) is 2.96. The molecule has 2 rings (SSSR count). The number of nitrogens with one attached hydrogen (secondary N) is 2. The second-order valence-corrected chi connectivity index (χ2v) is 4.68. The highest BCUT2D eigenvalue weighted by atomic mass is 19.4. The lowest BCUT2D eigenvalue weighted by Gasteiger charge is -2.14. The first-order valence-corrected chi connectivity index (χ1v) is 6.60. The number of nitrogens with zero attached hydrogens (tertiary/aromatic N) is 2. The van der Waals surface area contributed by atoms with Crippen LogP contribution in [0, 0.1) is 0 Å². The SMILES string of the molecule is OCCNc1nc(NCC(F)(F)F)cc(C2CCOC2)n1. The number of aromatic nitrogens is 2. The topological polar surface area (TPSA) is 79.3 Å². The fourth-order valence-corrected chi connectivity index (χ4v) is 1.97. The van der Waals surface area contributed by atoms with E-state index in [1.165, 1.54) is 6.07 Å². The second-order valence-electron chi connectivity index (χ2n) is 4.68. The van der Waals surface area contributed by atoms with Crippen molar-refractivity contribution in [3.05, 3.63) is 11.8 Å². The first-order chi connectivity index (χ1) is 9.98. The van der Waals surface area contributed by atoms with Gasteiger partial charge in [-0.25, -0.2) is 4.98 Å². The van der Waals surface area contributed by atoms with E-state index in [9.17, 15) is 13.2 Å². The predicted octanol–water partition coefficient (Wildman–Crippen LogP) is 1.36. The van der Waals surface area contributed by atoms with Crippen molar-refractivity contribution in [3.8, 4) is 0 Å². The summed E-state index contributed by atoms with van der Waals surface area (Å²) in [5, 5.41) is 13.8. The van der Waals surface area contributed by atoms with Crippen molar-refractivity contribution in [2.75, 3.05) is 43.5 Å². The molecule has 0 bridgehead atoms. The Hall–Kier alpha value is -1.61. The summed E-state index contributed by atoms with van der Waals surface area (Å²) in [5.74, 6) is 0.344. The lowest BCUT2D eigenvalue weighted by Crippen LogP contribution is -2.22. The van der Waals surface area contributed by atoms with Gasteiger partial charge in [0.25, 0.3) is 0 Å². The second kappa shape index (κ2) is 6.90. The van der Waals surface area contributed by atoms with Crippen LogP contribution in [0.1, 0.15) is 18.0 Å². The molecule has 1 atom stereocenters. The van der Waals surface area contributed by atoms with Gasteiger partial charge in [0.15, 0.2) is 0 Å². The largest absolute Gasteiger partial charge is 0.405 e. The smallest absolute Gasteiger partial charge is 0.395 e. The van der Waals surface area contributed by atoms with Crippen LogP contribution in [-0.2, 0) is 4.74 Å². The van der Waals surface area contributed by atoms with Crippen molar-refractivity contribution in [2.24, 2.45) is 0 Å². The number of hydrogen-bond acceptors (Lipinski definition) is 6. The van der Waals surface area contributed by atoms with Crippen molar-refractivity contribution in [1.29, 1.82) is 0 Å². The molecule has 0 spiro atoms. The summed E-state index contributed by atoms with van der Waals surface area (Å²) in [6.45, 7) is 0.0490. The van der Waals surface area contributed by atoms with E-state index in [-0.39, 0.29) is 30.8 Å². The summed E-state index contributed by atoms with van der Waals surface area (Å²) in [6.07, 6.45) is -3.55. The third kappa shape index (κ3) is 5.01. The lowest BCUT2D eigenvalue weighted by molar-refractivity contribution is -0.115. The zero-order valence-corrected chi connectivity index (χ0v) is 11.3. The molecule has 1 aromatic rings. The van der Waals surface area contributed by atoms with Gasteiger partial charge in [-0.05, 0) is 6.42 Å². The molecular formula is C12H17F3N4O2. The van der Waals surface area contributed by atoms with Gasteiger partial charge in [-0.15, -0.1) is 0 Å². The third-order valence-corrected chi connectivity index (χ3v) is 2.96. The van der Waals surface area contributed by atoms with E-state index < -0.39 is 12.7 Å². The van der Waals surface area contributed by atoms with Crippen LogP contribution in [0.25, 0.3) is 0 Å². The Morgan fingerprint density at radius 1 is 1.33 bits per heavy atom. The minimum absolute atomic E-state index is 0.0501. The number of ether oxygens (including phenoxy) is 1. The maximum absolute atomic E-state index is 12.3. The average Bonchev–Trinajstić information content (AvgIpc) is 2.96. The molecule has 1 saturated heterocycles. The van der Waals surface area contributed by atoms with E-state index in [1.54, 1.807) is 0 Å². The molecule has 1 unspecified atom stereocenters. The maximum atomic E-state index is 12.3. The Balaban J connectivity index is 2.15. The Kier molecular flexibility index (Phi) is 5.18. The minimum atomic E-state index is -4.32. The summed E-state index contributed by atoms with van der Waals surface area (Å²) < 4.78 is 42.1. The predicted molar refractivity (Wildman–Crippen MR) is 70.3 cm³/mol. The van der Waals surface area contributed by atoms with Crippen molar-refractivity contribution >= 4 is 11.8 Å². The number of halogens is 3. The normalized spacial score (nSPS) is 18.8. The fourth-order valence-electron chi connectivity index (χ4n) is 1.97. The highest BCUT2D eigenvalue weighted by Gasteiger charge is 2.27. The Morgan fingerprint density at radius 2 is 2.14 bits per heavy atom. The van der Waals surface area contributed by atoms with Gasteiger partial charge in [0, 0.05) is 25.1 Å². The summed E-state index contributed by atoms with van der Waals surface area (Å²) >= 11 is 0. The van der Waals surface area contributed by atoms with Crippen LogP contribution in [-0.4, -0.2) is 54.2 Å². The molecule has 2 heterocycles. The molecule has 6 nitrogen and oxygen atoms in total. The highest BCUT2D eigenvalue weighted by molar-refractivity contribution is 5.43. The van der Waals surface area contributed by atoms with Crippen LogP contribution in [0.4, 0.5) is 24.9 Å². The van der Waals surface area contributed by atoms with Gasteiger partial charge in [0.05, 0.1) is 18.9 Å². The minimum Gasteiger partial charge on any atom is -0.395 e. The van der Waals surface area contributed by atoms with Gasteiger partial charge >= 0.3 is 6.18 Å². The van der Waals surface area contributed by atoms with Crippen LogP contribution >= 0.6 is 0 Å². The summed E-state index contributed by atoms with van der Waals surface area (Å²) in [4.78, 5) is 8.22. The molecule has 0 aliphatic carbocycles. The Bertz CT molecular complexity index is 464. The molecular weight excluding hydrogens is 289 g/mol. The fraction of sp³-hybridized carbons (Fsp3) is 0.667. The van der Waals surface area contributed by atoms with Crippen LogP contribution in [0.3, 0.4) is 0 Å². The van der Waals surface area contributed by atoms with Crippen molar-refractivity contribution < 1.29 is 23.0 Å². The molecule has 0 aromatic carbocycles. The van der Waals surface area contributed by atoms with E-state index in [0.29, 0.717) is 18.9 Å². The first-order valence-electron chi connectivity index (χ1n) is 6.60. The standard InChI is InChI=1S/C12H17F3N4O2/c13-12(14,15)7-17-10-5-9(8-1-4-21-6-8)18-11(19-10)16-2-3-20/h5,8,20H,1-4,6-7H2,(H2,16,17,18,19). The summed E-state index contributed by atoms with van der Waals surface area (Å²) in [7, 11) is 0. The Labute approximate surface area is 119 Å². The monoisotopic (exact) mass is 306 g/mol. The highest BCUT2D eigenvalue weighted by Crippen LogP contribution is 2.26. The number of hydrogen-bond donors (Lipinski definition) is 3. The van der Waals surface area contributed by atoms with Gasteiger partial charge in [0.1, 0.15) is 12.4 Å². The average molecular weight is 306 g/mol. The molecule has 9 heteroatoms. The molecule has 21 heavy (non-hydrogen) atoms. The van der Waals surface area contributed by atoms with E-state index in [0.717, 1.165) is 6.42 Å². The van der Waals surface area contributed by atoms with Gasteiger partial charge in [-0.1, -0.05) is 0 Å². The van der Waals surface area contributed by atoms with Gasteiger partial charge in [-0.3, -0.25) is 0 Å². The van der Waals surface area contributed by atoms with E-state index in [4.69, 9.17) is 9.84 Å². The molecule has 0 radical (unpaired) electrons. The maximum Gasteiger partial charge on any atom is 0.405 e. The summed E-state index contributed by atoms with van der Waals surface area (Å²) in [6, 6.07) is 1.51. The van der Waals surface area contributed by atoms with Crippen LogP contribution in [0.15, 0.2) is 6.07 Å². The number of anilines is 2. The van der Waals surface area contributed by atoms with Crippen molar-refractivity contribution in [3.63, 3.8) is 0 Å². The summed E-state index contributed by atoms with van der Waals surface area (Å²) in [5.41, 5.74) is 0.632. The quantitative estimate of drug-likeness (QED) is 0.736. The van der Waals surface area contributed by atoms with Crippen LogP contribution in [0.2, 0.25) is 0 Å². The first kappa shape index (κ1) is 15.8. The molecule has 1 aromatic heterocycles.